The summed E-state index contributed by atoms with van der Waals surface area (Å²) in [5.41, 5.74) is 1.45. The number of rotatable bonds is 6. The lowest BCUT2D eigenvalue weighted by molar-refractivity contribution is 0.379. The molecule has 1 aromatic heterocycles. The molecule has 1 heterocycles. The second-order valence-electron chi connectivity index (χ2n) is 5.50. The van der Waals surface area contributed by atoms with E-state index >= 15 is 0 Å². The summed E-state index contributed by atoms with van der Waals surface area (Å²) in [5, 5.41) is 5.88. The van der Waals surface area contributed by atoms with Gasteiger partial charge in [-0.3, -0.25) is 0 Å². The van der Waals surface area contributed by atoms with E-state index in [0.29, 0.717) is 0 Å². The fraction of sp³-hybridized carbons (Fsp3) is 0.714. The average molecular weight is 235 g/mol. The van der Waals surface area contributed by atoms with Crippen molar-refractivity contribution >= 4 is 11.3 Å². The number of hydrogen-bond donors (Lipinski definition) is 1. The third-order valence-corrected chi connectivity index (χ3v) is 5.11. The molecule has 0 unspecified atom stereocenters. The molecular weight excluding hydrogens is 214 g/mol. The molecule has 1 aromatic rings. The van der Waals surface area contributed by atoms with E-state index in [1.807, 2.05) is 11.3 Å². The van der Waals surface area contributed by atoms with Gasteiger partial charge >= 0.3 is 0 Å². The van der Waals surface area contributed by atoms with Gasteiger partial charge in [-0.25, -0.2) is 0 Å². The van der Waals surface area contributed by atoms with Crippen LogP contribution >= 0.6 is 11.3 Å². The first-order valence-corrected chi connectivity index (χ1v) is 7.46. The van der Waals surface area contributed by atoms with Crippen molar-refractivity contribution in [3.63, 3.8) is 0 Å². The molecule has 1 nitrogen and oxygen atoms in total. The molecular formula is C14H21NS. The third kappa shape index (κ3) is 2.49. The van der Waals surface area contributed by atoms with Crippen molar-refractivity contribution in [1.29, 1.82) is 0 Å². The van der Waals surface area contributed by atoms with Crippen LogP contribution in [0.1, 0.15) is 36.1 Å². The van der Waals surface area contributed by atoms with Crippen LogP contribution in [0.2, 0.25) is 0 Å². The van der Waals surface area contributed by atoms with Gasteiger partial charge in [0.05, 0.1) is 0 Å². The van der Waals surface area contributed by atoms with E-state index in [-0.39, 0.29) is 0 Å². The summed E-state index contributed by atoms with van der Waals surface area (Å²) in [6.07, 6.45) is 6.00. The fourth-order valence-corrected chi connectivity index (χ4v) is 3.58. The first kappa shape index (κ1) is 10.8. The Bertz CT molecular complexity index is 337. The summed E-state index contributed by atoms with van der Waals surface area (Å²) in [7, 11) is 0. The van der Waals surface area contributed by atoms with Crippen LogP contribution in [-0.4, -0.2) is 6.54 Å². The van der Waals surface area contributed by atoms with Crippen LogP contribution in [0.15, 0.2) is 11.4 Å². The fourth-order valence-electron chi connectivity index (χ4n) is 2.70. The standard InChI is InChI=1S/C14H21NS/c1-10-6-7-16-14(10)9-15-8-13(11-2-3-11)12-4-5-12/h6-7,11-13,15H,2-5,8-9H2,1H3. The van der Waals surface area contributed by atoms with Crippen LogP contribution < -0.4 is 5.32 Å². The Hall–Kier alpha value is -0.340. The van der Waals surface area contributed by atoms with Crippen molar-refractivity contribution in [2.24, 2.45) is 17.8 Å². The lowest BCUT2D eigenvalue weighted by atomic mass is 9.98. The van der Waals surface area contributed by atoms with Crippen LogP contribution in [0.25, 0.3) is 0 Å². The van der Waals surface area contributed by atoms with Gasteiger partial charge in [-0.15, -0.1) is 11.3 Å². The van der Waals surface area contributed by atoms with Crippen LogP contribution in [0, 0.1) is 24.7 Å². The predicted octanol–water partition coefficient (Wildman–Crippen LogP) is 3.58. The van der Waals surface area contributed by atoms with Crippen LogP contribution in [-0.2, 0) is 6.54 Å². The van der Waals surface area contributed by atoms with Crippen molar-refractivity contribution in [3.8, 4) is 0 Å². The average Bonchev–Trinajstić information content (AvgIpc) is 3.15. The number of thiophene rings is 1. The smallest absolute Gasteiger partial charge is 0.0302 e. The van der Waals surface area contributed by atoms with E-state index in [1.165, 1.54) is 42.7 Å². The first-order valence-electron chi connectivity index (χ1n) is 6.58. The molecule has 0 saturated heterocycles. The molecule has 0 bridgehead atoms. The number of aryl methyl sites for hydroxylation is 1. The molecule has 0 atom stereocenters. The predicted molar refractivity (Wildman–Crippen MR) is 69.7 cm³/mol. The maximum atomic E-state index is 3.68. The lowest BCUT2D eigenvalue weighted by Gasteiger charge is -2.16. The second kappa shape index (κ2) is 4.50. The van der Waals surface area contributed by atoms with Gasteiger partial charge in [0.2, 0.25) is 0 Å². The molecule has 0 amide bonds. The van der Waals surface area contributed by atoms with Crippen molar-refractivity contribution in [2.75, 3.05) is 6.54 Å². The Morgan fingerprint density at radius 3 is 2.50 bits per heavy atom. The highest BCUT2D eigenvalue weighted by Gasteiger charge is 2.40. The Balaban J connectivity index is 1.46. The topological polar surface area (TPSA) is 12.0 Å². The molecule has 0 aliphatic heterocycles. The third-order valence-electron chi connectivity index (χ3n) is 4.09. The Kier molecular flexibility index (Phi) is 3.03. The van der Waals surface area contributed by atoms with Gasteiger partial charge in [-0.2, -0.15) is 0 Å². The zero-order chi connectivity index (χ0) is 11.0. The summed E-state index contributed by atoms with van der Waals surface area (Å²) in [6.45, 7) is 4.55. The number of nitrogens with one attached hydrogen (secondary N) is 1. The lowest BCUT2D eigenvalue weighted by Crippen LogP contribution is -2.25. The molecule has 1 N–H and O–H groups in total. The molecule has 2 aliphatic rings. The van der Waals surface area contributed by atoms with Crippen LogP contribution in [0.3, 0.4) is 0 Å². The van der Waals surface area contributed by atoms with Gasteiger partial charge in [0.15, 0.2) is 0 Å². The van der Waals surface area contributed by atoms with Crippen molar-refractivity contribution < 1.29 is 0 Å². The maximum Gasteiger partial charge on any atom is 0.0302 e. The molecule has 16 heavy (non-hydrogen) atoms. The summed E-state index contributed by atoms with van der Waals surface area (Å²) in [4.78, 5) is 1.52. The van der Waals surface area contributed by atoms with E-state index in [1.54, 1.807) is 0 Å². The molecule has 3 rings (SSSR count). The van der Waals surface area contributed by atoms with Gasteiger partial charge in [0.1, 0.15) is 0 Å². The number of hydrogen-bond acceptors (Lipinski definition) is 2. The molecule has 88 valence electrons. The van der Waals surface area contributed by atoms with Crippen LogP contribution in [0.4, 0.5) is 0 Å². The van der Waals surface area contributed by atoms with Gasteiger partial charge in [0, 0.05) is 11.4 Å². The minimum absolute atomic E-state index is 1.00. The summed E-state index contributed by atoms with van der Waals surface area (Å²) >= 11 is 1.89. The highest BCUT2D eigenvalue weighted by Crippen LogP contribution is 2.48. The van der Waals surface area contributed by atoms with E-state index in [0.717, 1.165) is 24.3 Å². The Labute approximate surface area is 102 Å². The summed E-state index contributed by atoms with van der Waals surface area (Å²) < 4.78 is 0. The minimum Gasteiger partial charge on any atom is -0.312 e. The van der Waals surface area contributed by atoms with E-state index in [4.69, 9.17) is 0 Å². The largest absolute Gasteiger partial charge is 0.312 e. The van der Waals surface area contributed by atoms with Gasteiger partial charge in [-0.05, 0) is 73.9 Å². The zero-order valence-corrected chi connectivity index (χ0v) is 10.9. The maximum absolute atomic E-state index is 3.68. The summed E-state index contributed by atoms with van der Waals surface area (Å²) in [6, 6.07) is 2.22. The highest BCUT2D eigenvalue weighted by atomic mass is 32.1. The van der Waals surface area contributed by atoms with Gasteiger partial charge < -0.3 is 5.32 Å². The molecule has 2 saturated carbocycles. The Morgan fingerprint density at radius 1 is 1.31 bits per heavy atom. The first-order chi connectivity index (χ1) is 7.84. The molecule has 0 radical (unpaired) electrons. The van der Waals surface area contributed by atoms with Crippen molar-refractivity contribution in [1.82, 2.24) is 5.32 Å². The van der Waals surface area contributed by atoms with Crippen LogP contribution in [0.5, 0.6) is 0 Å². The van der Waals surface area contributed by atoms with E-state index in [2.05, 4.69) is 23.7 Å². The van der Waals surface area contributed by atoms with Gasteiger partial charge in [0.25, 0.3) is 0 Å². The van der Waals surface area contributed by atoms with E-state index in [9.17, 15) is 0 Å². The molecule has 2 fully saturated rings. The zero-order valence-electron chi connectivity index (χ0n) is 10.0. The minimum atomic E-state index is 1.00. The van der Waals surface area contributed by atoms with Gasteiger partial charge in [-0.1, -0.05) is 0 Å². The normalized spacial score (nSPS) is 20.6. The molecule has 0 aromatic carbocycles. The quantitative estimate of drug-likeness (QED) is 0.794. The highest BCUT2D eigenvalue weighted by molar-refractivity contribution is 7.10. The molecule has 2 aliphatic carbocycles. The summed E-state index contributed by atoms with van der Waals surface area (Å²) in [5.74, 6) is 3.15. The van der Waals surface area contributed by atoms with Crippen molar-refractivity contribution in [3.05, 3.63) is 21.9 Å². The SMILES string of the molecule is Cc1ccsc1CNCC(C1CC1)C1CC1. The Morgan fingerprint density at radius 2 is 2.00 bits per heavy atom. The molecule has 0 spiro atoms. The molecule has 2 heteroatoms. The second-order valence-corrected chi connectivity index (χ2v) is 6.50. The van der Waals surface area contributed by atoms with E-state index < -0.39 is 0 Å². The monoisotopic (exact) mass is 235 g/mol. The van der Waals surface area contributed by atoms with Crippen molar-refractivity contribution in [2.45, 2.75) is 39.2 Å².